The normalized spacial score (nSPS) is 21.6. The minimum absolute atomic E-state index is 0.0644. The van der Waals surface area contributed by atoms with E-state index in [0.717, 1.165) is 0 Å². The average Bonchev–Trinajstić information content (AvgIpc) is 3.16. The number of rotatable bonds is 3. The third kappa shape index (κ3) is 1.89. The fraction of sp³-hybridized carbons (Fsp3) is 0.263. The Balaban J connectivity index is 1.76. The Morgan fingerprint density at radius 1 is 0.909 bits per heavy atom. The van der Waals surface area contributed by atoms with Gasteiger partial charge in [-0.25, -0.2) is 4.79 Å². The molecule has 0 aromatic heterocycles. The maximum absolute atomic E-state index is 12.7. The van der Waals surface area contributed by atoms with Crippen LogP contribution < -0.4 is 0 Å². The summed E-state index contributed by atoms with van der Waals surface area (Å²) >= 11 is 0. The number of carboxylic acid groups (broad SMARTS) is 1. The fourth-order valence-corrected chi connectivity index (χ4v) is 4.01. The van der Waals surface area contributed by atoms with Crippen LogP contribution >= 0.6 is 0 Å². The van der Waals surface area contributed by atoms with Gasteiger partial charge in [0.05, 0.1) is 5.56 Å². The largest absolute Gasteiger partial charge is 0.478 e. The van der Waals surface area contributed by atoms with Crippen molar-refractivity contribution in [3.63, 3.8) is 0 Å². The average molecular weight is 292 g/mol. The molecule has 1 fully saturated rings. The number of hydrogen-bond donors (Lipinski definition) is 1. The molecule has 1 N–H and O–H groups in total. The molecule has 3 nitrogen and oxygen atoms in total. The summed E-state index contributed by atoms with van der Waals surface area (Å²) in [4.78, 5) is 24.0. The highest BCUT2D eigenvalue weighted by atomic mass is 16.4. The summed E-state index contributed by atoms with van der Waals surface area (Å²) in [6.07, 6.45) is 3.67. The van der Waals surface area contributed by atoms with Crippen molar-refractivity contribution in [2.45, 2.75) is 31.1 Å². The second kappa shape index (κ2) is 4.80. The molecule has 2 aliphatic carbocycles. The first-order chi connectivity index (χ1) is 10.6. The Labute approximate surface area is 128 Å². The highest BCUT2D eigenvalue weighted by Gasteiger charge is 2.37. The molecule has 2 bridgehead atoms. The van der Waals surface area contributed by atoms with E-state index in [-0.39, 0.29) is 16.9 Å². The number of carboxylic acids is 1. The summed E-state index contributed by atoms with van der Waals surface area (Å²) in [6.45, 7) is 0. The van der Waals surface area contributed by atoms with Gasteiger partial charge in [-0.2, -0.15) is 0 Å². The van der Waals surface area contributed by atoms with E-state index >= 15 is 0 Å². The molecule has 22 heavy (non-hydrogen) atoms. The van der Waals surface area contributed by atoms with Crippen LogP contribution in [0.4, 0.5) is 0 Å². The van der Waals surface area contributed by atoms with Crippen molar-refractivity contribution in [1.29, 1.82) is 0 Å². The molecule has 2 aromatic rings. The third-order valence-electron chi connectivity index (χ3n) is 5.06. The quantitative estimate of drug-likeness (QED) is 0.870. The second-order valence-electron chi connectivity index (χ2n) is 6.23. The van der Waals surface area contributed by atoms with E-state index in [1.165, 1.54) is 36.5 Å². The number of benzene rings is 2. The molecule has 2 aliphatic rings. The SMILES string of the molecule is O=C(O)c1ccccc1C(=O)c1ccc2c(c1)C1CCC2C1. The molecule has 0 heterocycles. The van der Waals surface area contributed by atoms with Crippen molar-refractivity contribution < 1.29 is 14.7 Å². The molecule has 0 radical (unpaired) electrons. The van der Waals surface area contributed by atoms with Gasteiger partial charge in [-0.05, 0) is 54.4 Å². The molecule has 2 atom stereocenters. The third-order valence-corrected chi connectivity index (χ3v) is 5.06. The lowest BCUT2D eigenvalue weighted by Gasteiger charge is -2.16. The van der Waals surface area contributed by atoms with Crippen LogP contribution in [0.15, 0.2) is 42.5 Å². The maximum atomic E-state index is 12.7. The lowest BCUT2D eigenvalue weighted by molar-refractivity contribution is 0.0693. The Morgan fingerprint density at radius 3 is 2.32 bits per heavy atom. The highest BCUT2D eigenvalue weighted by molar-refractivity contribution is 6.14. The topological polar surface area (TPSA) is 54.4 Å². The Morgan fingerprint density at radius 2 is 1.59 bits per heavy atom. The molecule has 4 rings (SSSR count). The number of aromatic carboxylic acids is 1. The van der Waals surface area contributed by atoms with E-state index in [9.17, 15) is 14.7 Å². The van der Waals surface area contributed by atoms with Gasteiger partial charge in [0.25, 0.3) is 0 Å². The summed E-state index contributed by atoms with van der Waals surface area (Å²) in [7, 11) is 0. The Kier molecular flexibility index (Phi) is 2.89. The van der Waals surface area contributed by atoms with Crippen LogP contribution in [0.25, 0.3) is 0 Å². The highest BCUT2D eigenvalue weighted by Crippen LogP contribution is 2.53. The first-order valence-electron chi connectivity index (χ1n) is 7.66. The van der Waals surface area contributed by atoms with Crippen LogP contribution in [-0.4, -0.2) is 16.9 Å². The summed E-state index contributed by atoms with van der Waals surface area (Å²) < 4.78 is 0. The fourth-order valence-electron chi connectivity index (χ4n) is 4.01. The molecule has 3 heteroatoms. The zero-order chi connectivity index (χ0) is 15.3. The molecule has 0 saturated heterocycles. The van der Waals surface area contributed by atoms with Gasteiger partial charge in [0, 0.05) is 11.1 Å². The monoisotopic (exact) mass is 292 g/mol. The van der Waals surface area contributed by atoms with Crippen LogP contribution in [0.1, 0.15) is 68.5 Å². The van der Waals surface area contributed by atoms with Crippen molar-refractivity contribution >= 4 is 11.8 Å². The molecule has 2 unspecified atom stereocenters. The van der Waals surface area contributed by atoms with Crippen LogP contribution in [0.2, 0.25) is 0 Å². The minimum atomic E-state index is -1.07. The first-order valence-corrected chi connectivity index (χ1v) is 7.66. The lowest BCUT2D eigenvalue weighted by atomic mass is 9.88. The van der Waals surface area contributed by atoms with Gasteiger partial charge < -0.3 is 5.11 Å². The van der Waals surface area contributed by atoms with Gasteiger partial charge >= 0.3 is 5.97 Å². The minimum Gasteiger partial charge on any atom is -0.478 e. The van der Waals surface area contributed by atoms with Gasteiger partial charge in [-0.1, -0.05) is 30.3 Å². The summed E-state index contributed by atoms with van der Waals surface area (Å²) in [6, 6.07) is 12.3. The molecule has 0 amide bonds. The van der Waals surface area contributed by atoms with Gasteiger partial charge in [0.15, 0.2) is 5.78 Å². The van der Waals surface area contributed by atoms with Gasteiger partial charge in [-0.3, -0.25) is 4.79 Å². The number of hydrogen-bond acceptors (Lipinski definition) is 2. The Hall–Kier alpha value is -2.42. The van der Waals surface area contributed by atoms with E-state index in [2.05, 4.69) is 6.07 Å². The Bertz CT molecular complexity index is 791. The summed E-state index contributed by atoms with van der Waals surface area (Å²) in [5.41, 5.74) is 3.61. The molecule has 0 aliphatic heterocycles. The predicted molar refractivity (Wildman–Crippen MR) is 82.6 cm³/mol. The number of ketones is 1. The number of fused-ring (bicyclic) bond motifs is 5. The van der Waals surface area contributed by atoms with E-state index < -0.39 is 5.97 Å². The van der Waals surface area contributed by atoms with E-state index in [1.807, 2.05) is 12.1 Å². The van der Waals surface area contributed by atoms with Crippen LogP contribution in [0, 0.1) is 0 Å². The van der Waals surface area contributed by atoms with Crippen LogP contribution in [-0.2, 0) is 0 Å². The van der Waals surface area contributed by atoms with Crippen molar-refractivity contribution in [2.24, 2.45) is 0 Å². The zero-order valence-corrected chi connectivity index (χ0v) is 12.1. The van der Waals surface area contributed by atoms with Crippen LogP contribution in [0.3, 0.4) is 0 Å². The molecular formula is C19H16O3. The number of carbonyl (C=O) groups is 2. The van der Waals surface area contributed by atoms with Crippen molar-refractivity contribution in [3.8, 4) is 0 Å². The molecular weight excluding hydrogens is 276 g/mol. The summed E-state index contributed by atoms with van der Waals surface area (Å²) in [5.74, 6) is -0.0225. The van der Waals surface area contributed by atoms with Crippen molar-refractivity contribution in [3.05, 3.63) is 70.3 Å². The van der Waals surface area contributed by atoms with Gasteiger partial charge in [-0.15, -0.1) is 0 Å². The van der Waals surface area contributed by atoms with E-state index in [0.29, 0.717) is 17.4 Å². The van der Waals surface area contributed by atoms with Gasteiger partial charge in [0.1, 0.15) is 0 Å². The smallest absolute Gasteiger partial charge is 0.336 e. The van der Waals surface area contributed by atoms with E-state index in [4.69, 9.17) is 0 Å². The lowest BCUT2D eigenvalue weighted by Crippen LogP contribution is -2.10. The zero-order valence-electron chi connectivity index (χ0n) is 12.1. The van der Waals surface area contributed by atoms with Crippen molar-refractivity contribution in [2.75, 3.05) is 0 Å². The predicted octanol–water partition coefficient (Wildman–Crippen LogP) is 3.98. The first kappa shape index (κ1) is 13.3. The van der Waals surface area contributed by atoms with Crippen molar-refractivity contribution in [1.82, 2.24) is 0 Å². The number of carbonyl (C=O) groups excluding carboxylic acids is 1. The van der Waals surface area contributed by atoms with Gasteiger partial charge in [0.2, 0.25) is 0 Å². The maximum Gasteiger partial charge on any atom is 0.336 e. The molecule has 2 aromatic carbocycles. The molecule has 1 saturated carbocycles. The molecule has 110 valence electrons. The van der Waals surface area contributed by atoms with E-state index in [1.54, 1.807) is 18.2 Å². The molecule has 0 spiro atoms. The van der Waals surface area contributed by atoms with Crippen LogP contribution in [0.5, 0.6) is 0 Å². The standard InChI is InChI=1S/C19H16O3/c20-18(15-3-1-2-4-16(15)19(21)22)13-7-8-14-11-5-6-12(9-11)17(14)10-13/h1-4,7-8,10-12H,5-6,9H2,(H,21,22). The second-order valence-corrected chi connectivity index (χ2v) is 6.23. The summed E-state index contributed by atoms with van der Waals surface area (Å²) in [5, 5.41) is 9.25.